The lowest BCUT2D eigenvalue weighted by Crippen LogP contribution is -2.47. The number of nitrogens with zero attached hydrogens (tertiary/aromatic N) is 1. The van der Waals surface area contributed by atoms with E-state index in [-0.39, 0.29) is 0 Å². The topological polar surface area (TPSA) is 24.5 Å². The standard InChI is InChI=1S/C13H28N2O/c1-4-5-6-8-15(12(2)3)11-13-10-14-7-9-16-13/h12-14H,4-11H2,1-3H3. The largest absolute Gasteiger partial charge is 0.374 e. The Hall–Kier alpha value is -0.120. The first-order chi connectivity index (χ1) is 7.74. The van der Waals surface area contributed by atoms with E-state index in [2.05, 4.69) is 31.0 Å². The lowest BCUT2D eigenvalue weighted by atomic mass is 10.2. The fourth-order valence-corrected chi connectivity index (χ4v) is 2.12. The van der Waals surface area contributed by atoms with E-state index in [0.29, 0.717) is 12.1 Å². The molecule has 1 unspecified atom stereocenters. The number of unbranched alkanes of at least 4 members (excludes halogenated alkanes) is 2. The van der Waals surface area contributed by atoms with Crippen LogP contribution < -0.4 is 5.32 Å². The molecule has 0 spiro atoms. The van der Waals surface area contributed by atoms with Crippen molar-refractivity contribution in [2.24, 2.45) is 0 Å². The third kappa shape index (κ3) is 5.28. The fraction of sp³-hybridized carbons (Fsp3) is 1.00. The number of hydrogen-bond donors (Lipinski definition) is 1. The molecule has 0 aromatic rings. The van der Waals surface area contributed by atoms with Gasteiger partial charge in [0.15, 0.2) is 0 Å². The van der Waals surface area contributed by atoms with Crippen molar-refractivity contribution in [3.63, 3.8) is 0 Å². The van der Waals surface area contributed by atoms with E-state index in [1.807, 2.05) is 0 Å². The summed E-state index contributed by atoms with van der Waals surface area (Å²) in [7, 11) is 0. The number of rotatable bonds is 7. The Balaban J connectivity index is 2.25. The summed E-state index contributed by atoms with van der Waals surface area (Å²) in [4.78, 5) is 2.55. The maximum Gasteiger partial charge on any atom is 0.0826 e. The Morgan fingerprint density at radius 1 is 1.38 bits per heavy atom. The zero-order chi connectivity index (χ0) is 11.8. The predicted octanol–water partition coefficient (Wildman–Crippen LogP) is 1.88. The second-order valence-electron chi connectivity index (χ2n) is 4.99. The summed E-state index contributed by atoms with van der Waals surface area (Å²) in [5.41, 5.74) is 0. The van der Waals surface area contributed by atoms with Crippen LogP contribution in [0.4, 0.5) is 0 Å². The van der Waals surface area contributed by atoms with E-state index < -0.39 is 0 Å². The zero-order valence-corrected chi connectivity index (χ0v) is 11.2. The van der Waals surface area contributed by atoms with E-state index >= 15 is 0 Å². The van der Waals surface area contributed by atoms with Crippen molar-refractivity contribution < 1.29 is 4.74 Å². The fourth-order valence-electron chi connectivity index (χ4n) is 2.12. The normalized spacial score (nSPS) is 21.9. The number of nitrogens with one attached hydrogen (secondary N) is 1. The van der Waals surface area contributed by atoms with Crippen LogP contribution in [0, 0.1) is 0 Å². The molecular formula is C13H28N2O. The van der Waals surface area contributed by atoms with Crippen molar-refractivity contribution in [3.8, 4) is 0 Å². The van der Waals surface area contributed by atoms with Crippen LogP contribution in [-0.2, 0) is 4.74 Å². The molecule has 1 aliphatic heterocycles. The Kier molecular flexibility index (Phi) is 7.01. The van der Waals surface area contributed by atoms with Gasteiger partial charge in [0.05, 0.1) is 12.7 Å². The monoisotopic (exact) mass is 228 g/mol. The van der Waals surface area contributed by atoms with E-state index in [0.717, 1.165) is 26.2 Å². The SMILES string of the molecule is CCCCCN(CC1CNCCO1)C(C)C. The predicted molar refractivity (Wildman–Crippen MR) is 68.8 cm³/mol. The molecule has 0 aliphatic carbocycles. The molecule has 1 atom stereocenters. The minimum Gasteiger partial charge on any atom is -0.374 e. The molecule has 1 saturated heterocycles. The molecule has 96 valence electrons. The second-order valence-corrected chi connectivity index (χ2v) is 4.99. The highest BCUT2D eigenvalue weighted by Gasteiger charge is 2.18. The van der Waals surface area contributed by atoms with Crippen LogP contribution in [0.5, 0.6) is 0 Å². The minimum absolute atomic E-state index is 0.387. The van der Waals surface area contributed by atoms with Crippen LogP contribution in [0.3, 0.4) is 0 Å². The molecule has 1 aliphatic rings. The maximum atomic E-state index is 5.76. The van der Waals surface area contributed by atoms with E-state index in [1.165, 1.54) is 25.8 Å². The number of ether oxygens (including phenoxy) is 1. The quantitative estimate of drug-likeness (QED) is 0.673. The highest BCUT2D eigenvalue weighted by Crippen LogP contribution is 2.07. The van der Waals surface area contributed by atoms with Crippen molar-refractivity contribution >= 4 is 0 Å². The molecule has 3 nitrogen and oxygen atoms in total. The average molecular weight is 228 g/mol. The highest BCUT2D eigenvalue weighted by molar-refractivity contribution is 4.74. The molecule has 0 aromatic heterocycles. The van der Waals surface area contributed by atoms with Gasteiger partial charge in [0.1, 0.15) is 0 Å². The molecule has 0 bridgehead atoms. The molecule has 0 amide bonds. The van der Waals surface area contributed by atoms with Gasteiger partial charge >= 0.3 is 0 Å². The zero-order valence-electron chi connectivity index (χ0n) is 11.2. The van der Waals surface area contributed by atoms with Crippen LogP contribution in [0.15, 0.2) is 0 Å². The smallest absolute Gasteiger partial charge is 0.0826 e. The third-order valence-electron chi connectivity index (χ3n) is 3.22. The van der Waals surface area contributed by atoms with Crippen molar-refractivity contribution in [3.05, 3.63) is 0 Å². The first-order valence-electron chi connectivity index (χ1n) is 6.80. The van der Waals surface area contributed by atoms with Gasteiger partial charge < -0.3 is 10.1 Å². The third-order valence-corrected chi connectivity index (χ3v) is 3.22. The van der Waals surface area contributed by atoms with E-state index in [1.54, 1.807) is 0 Å². The van der Waals surface area contributed by atoms with Crippen LogP contribution in [0.1, 0.15) is 40.0 Å². The Morgan fingerprint density at radius 2 is 2.19 bits per heavy atom. The molecule has 0 saturated carbocycles. The summed E-state index contributed by atoms with van der Waals surface area (Å²) in [5.74, 6) is 0. The number of hydrogen-bond acceptors (Lipinski definition) is 3. The first-order valence-corrected chi connectivity index (χ1v) is 6.80. The summed E-state index contributed by atoms with van der Waals surface area (Å²) < 4.78 is 5.76. The van der Waals surface area contributed by atoms with Crippen LogP contribution >= 0.6 is 0 Å². The molecule has 1 heterocycles. The van der Waals surface area contributed by atoms with Gasteiger partial charge in [-0.2, -0.15) is 0 Å². The molecule has 0 aromatic carbocycles. The van der Waals surface area contributed by atoms with Crippen LogP contribution in [0.2, 0.25) is 0 Å². The molecule has 1 rings (SSSR count). The molecule has 0 radical (unpaired) electrons. The lowest BCUT2D eigenvalue weighted by Gasteiger charge is -2.32. The van der Waals surface area contributed by atoms with Gasteiger partial charge in [0.2, 0.25) is 0 Å². The van der Waals surface area contributed by atoms with Gasteiger partial charge in [0.25, 0.3) is 0 Å². The van der Waals surface area contributed by atoms with Crippen molar-refractivity contribution in [2.45, 2.75) is 52.2 Å². The van der Waals surface area contributed by atoms with Crippen molar-refractivity contribution in [1.82, 2.24) is 10.2 Å². The first kappa shape index (κ1) is 13.9. The van der Waals surface area contributed by atoms with Gasteiger partial charge in [-0.15, -0.1) is 0 Å². The maximum absolute atomic E-state index is 5.76. The molecule has 1 fully saturated rings. The van der Waals surface area contributed by atoms with Crippen molar-refractivity contribution in [1.29, 1.82) is 0 Å². The van der Waals surface area contributed by atoms with Gasteiger partial charge in [-0.1, -0.05) is 19.8 Å². The summed E-state index contributed by atoms with van der Waals surface area (Å²) in [5, 5.41) is 3.39. The van der Waals surface area contributed by atoms with Gasteiger partial charge in [-0.25, -0.2) is 0 Å². The Labute approximate surface area is 101 Å². The summed E-state index contributed by atoms with van der Waals surface area (Å²) in [6.07, 6.45) is 4.34. The Bertz CT molecular complexity index is 167. The molecule has 1 N–H and O–H groups in total. The van der Waals surface area contributed by atoms with Crippen LogP contribution in [0.25, 0.3) is 0 Å². The summed E-state index contributed by atoms with van der Waals surface area (Å²) >= 11 is 0. The van der Waals surface area contributed by atoms with Gasteiger partial charge in [-0.3, -0.25) is 4.90 Å². The van der Waals surface area contributed by atoms with E-state index in [4.69, 9.17) is 4.74 Å². The summed E-state index contributed by atoms with van der Waals surface area (Å²) in [6, 6.07) is 0.627. The molecular weight excluding hydrogens is 200 g/mol. The molecule has 3 heteroatoms. The van der Waals surface area contributed by atoms with E-state index in [9.17, 15) is 0 Å². The minimum atomic E-state index is 0.387. The summed E-state index contributed by atoms with van der Waals surface area (Å²) in [6.45, 7) is 12.0. The van der Waals surface area contributed by atoms with Crippen molar-refractivity contribution in [2.75, 3.05) is 32.8 Å². The Morgan fingerprint density at radius 3 is 2.75 bits per heavy atom. The van der Waals surface area contributed by atoms with Gasteiger partial charge in [-0.05, 0) is 26.8 Å². The second kappa shape index (κ2) is 8.04. The van der Waals surface area contributed by atoms with Gasteiger partial charge in [0, 0.05) is 25.7 Å². The highest BCUT2D eigenvalue weighted by atomic mass is 16.5. The average Bonchev–Trinajstić information content (AvgIpc) is 2.29. The van der Waals surface area contributed by atoms with Crippen LogP contribution in [-0.4, -0.2) is 49.8 Å². The molecule has 16 heavy (non-hydrogen) atoms. The number of morpholine rings is 1. The lowest BCUT2D eigenvalue weighted by molar-refractivity contribution is -0.000663.